The van der Waals surface area contributed by atoms with E-state index in [1.807, 2.05) is 83.1 Å². The van der Waals surface area contributed by atoms with Crippen LogP contribution in [0.5, 0.6) is 0 Å². The summed E-state index contributed by atoms with van der Waals surface area (Å²) in [6.07, 6.45) is 0.635. The smallest absolute Gasteiger partial charge is 0.310 e. The summed E-state index contributed by atoms with van der Waals surface area (Å²) in [5.41, 5.74) is -1.89. The first kappa shape index (κ1) is 38.2. The van der Waals surface area contributed by atoms with E-state index >= 15 is 0 Å². The third-order valence-electron chi connectivity index (χ3n) is 9.19. The van der Waals surface area contributed by atoms with E-state index in [-0.39, 0.29) is 33.2 Å². The lowest BCUT2D eigenvalue weighted by Crippen LogP contribution is -2.60. The molecule has 0 radical (unpaired) electrons. The zero-order valence-electron chi connectivity index (χ0n) is 30.3. The molecule has 4 N–H and O–H groups in total. The van der Waals surface area contributed by atoms with E-state index in [0.29, 0.717) is 38.5 Å². The minimum Gasteiger partial charge on any atom is -0.481 e. The quantitative estimate of drug-likeness (QED) is 0.193. The van der Waals surface area contributed by atoms with Crippen LogP contribution in [0.25, 0.3) is 0 Å². The van der Waals surface area contributed by atoms with Gasteiger partial charge >= 0.3 is 23.9 Å². The highest BCUT2D eigenvalue weighted by Gasteiger charge is 2.47. The Morgan fingerprint density at radius 3 is 1.07 bits per heavy atom. The van der Waals surface area contributed by atoms with Gasteiger partial charge in [0, 0.05) is 71.8 Å². The van der Waals surface area contributed by atoms with E-state index < -0.39 is 66.9 Å². The summed E-state index contributed by atoms with van der Waals surface area (Å²) in [6, 6.07) is 0. The van der Waals surface area contributed by atoms with Crippen molar-refractivity contribution in [2.24, 2.45) is 11.8 Å². The number of hydrogen-bond donors (Lipinski definition) is 4. The van der Waals surface area contributed by atoms with Crippen LogP contribution in [0.2, 0.25) is 0 Å². The van der Waals surface area contributed by atoms with Crippen LogP contribution < -0.4 is 16.0 Å². The number of carboxylic acids is 1. The fraction of sp³-hybridized carbons (Fsp3) is 0.886. The number of piperidine rings is 3. The summed E-state index contributed by atoms with van der Waals surface area (Å²) in [7, 11) is 0. The Balaban J connectivity index is 1.89. The first-order valence-corrected chi connectivity index (χ1v) is 16.9. The van der Waals surface area contributed by atoms with Gasteiger partial charge in [0.15, 0.2) is 0 Å². The van der Waals surface area contributed by atoms with Crippen molar-refractivity contribution in [1.82, 2.24) is 16.0 Å². The van der Waals surface area contributed by atoms with E-state index in [0.717, 1.165) is 0 Å². The van der Waals surface area contributed by atoms with Crippen molar-refractivity contribution < 1.29 is 38.5 Å². The molecule has 3 fully saturated rings. The van der Waals surface area contributed by atoms with Gasteiger partial charge in [-0.2, -0.15) is 0 Å². The molecule has 0 amide bonds. The molecule has 3 saturated heterocycles. The molecule has 3 rings (SSSR count). The molecule has 3 aliphatic rings. The van der Waals surface area contributed by atoms with Crippen molar-refractivity contribution in [1.29, 1.82) is 0 Å². The molecule has 11 heteroatoms. The van der Waals surface area contributed by atoms with Gasteiger partial charge in [-0.05, 0) is 83.1 Å². The average Bonchev–Trinajstić information content (AvgIpc) is 2.74. The van der Waals surface area contributed by atoms with Crippen LogP contribution in [0.1, 0.15) is 134 Å². The molecular formula is C35H61N3O8. The Bertz CT molecular complexity index is 1110. The maximum atomic E-state index is 14.0. The first-order chi connectivity index (χ1) is 20.7. The third-order valence-corrected chi connectivity index (χ3v) is 9.19. The number of nitrogens with one attached hydrogen (secondary N) is 3. The molecule has 11 nitrogen and oxygen atoms in total. The van der Waals surface area contributed by atoms with Gasteiger partial charge in [-0.15, -0.1) is 0 Å². The highest BCUT2D eigenvalue weighted by Crippen LogP contribution is 2.36. The fourth-order valence-corrected chi connectivity index (χ4v) is 8.82. The van der Waals surface area contributed by atoms with Crippen LogP contribution in [0.3, 0.4) is 0 Å². The first-order valence-electron chi connectivity index (χ1n) is 16.9. The Labute approximate surface area is 276 Å². The van der Waals surface area contributed by atoms with Gasteiger partial charge in [-0.3, -0.25) is 19.2 Å². The topological polar surface area (TPSA) is 152 Å². The number of rotatable bonds is 10. The number of carbonyl (C=O) groups excluding carboxylic acids is 3. The number of hydrogen-bond acceptors (Lipinski definition) is 10. The highest BCUT2D eigenvalue weighted by atomic mass is 16.6. The number of ether oxygens (including phenoxy) is 3. The molecule has 46 heavy (non-hydrogen) atoms. The van der Waals surface area contributed by atoms with Crippen LogP contribution in [-0.2, 0) is 33.4 Å². The largest absolute Gasteiger partial charge is 0.481 e. The van der Waals surface area contributed by atoms with Crippen molar-refractivity contribution in [2.75, 3.05) is 0 Å². The summed E-state index contributed by atoms with van der Waals surface area (Å²) in [6.45, 7) is 24.3. The van der Waals surface area contributed by atoms with Crippen LogP contribution in [0.15, 0.2) is 0 Å². The van der Waals surface area contributed by atoms with Gasteiger partial charge in [0.05, 0.1) is 24.7 Å². The third kappa shape index (κ3) is 11.5. The number of carboxylic acid groups (broad SMARTS) is 1. The zero-order chi connectivity index (χ0) is 35.1. The van der Waals surface area contributed by atoms with Crippen LogP contribution >= 0.6 is 0 Å². The van der Waals surface area contributed by atoms with Crippen molar-refractivity contribution in [3.8, 4) is 0 Å². The van der Waals surface area contributed by atoms with E-state index in [4.69, 9.17) is 14.2 Å². The summed E-state index contributed by atoms with van der Waals surface area (Å²) in [4.78, 5) is 53.6. The van der Waals surface area contributed by atoms with Gasteiger partial charge in [-0.1, -0.05) is 0 Å². The van der Waals surface area contributed by atoms with Crippen LogP contribution in [0, 0.1) is 11.8 Å². The Morgan fingerprint density at radius 1 is 0.522 bits per heavy atom. The maximum absolute atomic E-state index is 14.0. The molecule has 2 atom stereocenters. The number of carbonyl (C=O) groups is 4. The Hall–Kier alpha value is -2.24. The van der Waals surface area contributed by atoms with Gasteiger partial charge in [0.25, 0.3) is 0 Å². The number of aliphatic carboxylic acids is 1. The molecule has 3 heterocycles. The van der Waals surface area contributed by atoms with Crippen molar-refractivity contribution in [3.63, 3.8) is 0 Å². The molecule has 0 aromatic heterocycles. The lowest BCUT2D eigenvalue weighted by Gasteiger charge is -2.46. The molecule has 0 saturated carbocycles. The Morgan fingerprint density at radius 2 is 0.783 bits per heavy atom. The average molecular weight is 652 g/mol. The van der Waals surface area contributed by atoms with E-state index in [2.05, 4.69) is 16.0 Å². The Kier molecular flexibility index (Phi) is 11.1. The summed E-state index contributed by atoms with van der Waals surface area (Å²) in [5, 5.41) is 20.6. The molecule has 0 spiro atoms. The second-order valence-corrected chi connectivity index (χ2v) is 18.1. The van der Waals surface area contributed by atoms with E-state index in [1.165, 1.54) is 0 Å². The fourth-order valence-electron chi connectivity index (χ4n) is 8.82. The second kappa shape index (κ2) is 13.3. The predicted molar refractivity (Wildman–Crippen MR) is 175 cm³/mol. The molecule has 0 bridgehead atoms. The van der Waals surface area contributed by atoms with Gasteiger partial charge in [0.1, 0.15) is 18.3 Å². The predicted octanol–water partition coefficient (Wildman–Crippen LogP) is 4.64. The SMILES string of the molecule is CC1(C)CC(OC(=O)CC(C(=O)OC2CC(C)(C)NC(C)(C)C2)C(CC(=O)O)C(=O)OC2CC(C)(C)NC(C)(C)C2)CC(C)(C)N1. The monoisotopic (exact) mass is 651 g/mol. The normalized spacial score (nSPS) is 26.7. The molecule has 0 aromatic rings. The van der Waals surface area contributed by atoms with Crippen LogP contribution in [-0.4, -0.2) is 80.5 Å². The molecular weight excluding hydrogens is 590 g/mol. The molecule has 2 unspecified atom stereocenters. The molecule has 3 aliphatic heterocycles. The highest BCUT2D eigenvalue weighted by molar-refractivity contribution is 5.88. The lowest BCUT2D eigenvalue weighted by atomic mass is 9.80. The standard InChI is InChI=1S/C35H61N3O8/c1-30(2)15-21(16-31(3,4)36-30)44-27(41)14-25(29(43)46-23-19-34(9,10)38-35(11,12)20-23)24(13-26(39)40)28(42)45-22-17-32(5,6)37-33(7,8)18-22/h21-25,36-38H,13-20H2,1-12H3,(H,39,40). The van der Waals surface area contributed by atoms with Gasteiger partial charge < -0.3 is 35.3 Å². The lowest BCUT2D eigenvalue weighted by molar-refractivity contribution is -0.176. The van der Waals surface area contributed by atoms with Crippen molar-refractivity contribution in [3.05, 3.63) is 0 Å². The minimum absolute atomic E-state index is 0.286. The van der Waals surface area contributed by atoms with Gasteiger partial charge in [-0.25, -0.2) is 0 Å². The van der Waals surface area contributed by atoms with Crippen molar-refractivity contribution >= 4 is 23.9 Å². The molecule has 0 aromatic carbocycles. The summed E-state index contributed by atoms with van der Waals surface area (Å²) in [5.74, 6) is -6.35. The number of esters is 3. The van der Waals surface area contributed by atoms with Crippen molar-refractivity contribution in [2.45, 2.75) is 186 Å². The van der Waals surface area contributed by atoms with E-state index in [1.54, 1.807) is 0 Å². The summed E-state index contributed by atoms with van der Waals surface area (Å²) < 4.78 is 18.0. The summed E-state index contributed by atoms with van der Waals surface area (Å²) >= 11 is 0. The second-order valence-electron chi connectivity index (χ2n) is 18.1. The zero-order valence-corrected chi connectivity index (χ0v) is 30.3. The molecule has 0 aliphatic carbocycles. The minimum atomic E-state index is -1.43. The molecule has 264 valence electrons. The van der Waals surface area contributed by atoms with E-state index in [9.17, 15) is 24.3 Å². The van der Waals surface area contributed by atoms with Gasteiger partial charge in [0.2, 0.25) is 0 Å². The van der Waals surface area contributed by atoms with Crippen LogP contribution in [0.4, 0.5) is 0 Å². The maximum Gasteiger partial charge on any atom is 0.310 e.